The molecule has 1 aliphatic heterocycles. The van der Waals surface area contributed by atoms with Gasteiger partial charge in [0.05, 0.1) is 28.9 Å². The molecule has 0 saturated heterocycles. The fourth-order valence-electron chi connectivity index (χ4n) is 3.60. The number of nitrogens with zero attached hydrogens (tertiary/aromatic N) is 5. The lowest BCUT2D eigenvalue weighted by Crippen LogP contribution is -2.40. The Morgan fingerprint density at radius 3 is 2.43 bits per heavy atom. The van der Waals surface area contributed by atoms with Crippen LogP contribution in [-0.4, -0.2) is 25.5 Å². The first kappa shape index (κ1) is 23.1. The highest BCUT2D eigenvalue weighted by Crippen LogP contribution is 2.31. The third-order valence-corrected chi connectivity index (χ3v) is 7.02. The molecule has 9 nitrogen and oxygen atoms in total. The average Bonchev–Trinajstić information content (AvgIpc) is 3.51. The number of hydrogen-bond acceptors (Lipinski definition) is 8. The van der Waals surface area contributed by atoms with Crippen molar-refractivity contribution in [2.24, 2.45) is 5.10 Å². The zero-order chi connectivity index (χ0) is 24.2. The van der Waals surface area contributed by atoms with Gasteiger partial charge in [-0.05, 0) is 35.4 Å². The van der Waals surface area contributed by atoms with Crippen LogP contribution in [0.5, 0.6) is 0 Å². The van der Waals surface area contributed by atoms with Crippen molar-refractivity contribution in [2.45, 2.75) is 17.3 Å². The lowest BCUT2D eigenvalue weighted by molar-refractivity contribution is -0.384. The molecule has 2 N–H and O–H groups in total. The van der Waals surface area contributed by atoms with Crippen LogP contribution in [0, 0.1) is 10.1 Å². The number of nitrogens with one attached hydrogen (secondary N) is 2. The Morgan fingerprint density at radius 2 is 1.71 bits per heavy atom. The minimum absolute atomic E-state index is 0.0607. The van der Waals surface area contributed by atoms with Gasteiger partial charge in [0.2, 0.25) is 0 Å². The van der Waals surface area contributed by atoms with Crippen LogP contribution in [0.4, 0.5) is 5.69 Å². The fraction of sp³-hybridized carbons (Fsp3) is 0.0833. The first-order chi connectivity index (χ1) is 17.1. The van der Waals surface area contributed by atoms with Gasteiger partial charge in [-0.15, -0.1) is 22.4 Å². The SMILES string of the molecule is O=[N+]([O-])c1ccc(CN2NNN=C2c2cnn(-c3ccc(Br)cc3)c2SCc2ccccc2)cc1. The molecule has 3 aromatic carbocycles. The van der Waals surface area contributed by atoms with Crippen molar-refractivity contribution in [3.8, 4) is 5.69 Å². The molecule has 11 heteroatoms. The molecule has 0 bridgehead atoms. The Hall–Kier alpha value is -3.67. The molecule has 0 aliphatic carbocycles. The van der Waals surface area contributed by atoms with Crippen LogP contribution in [0.3, 0.4) is 0 Å². The molecule has 0 fully saturated rings. The van der Waals surface area contributed by atoms with Crippen LogP contribution in [0.1, 0.15) is 16.7 Å². The van der Waals surface area contributed by atoms with E-state index < -0.39 is 4.92 Å². The number of hydrogen-bond donors (Lipinski definition) is 2. The number of hydrazone groups is 1. The van der Waals surface area contributed by atoms with E-state index in [-0.39, 0.29) is 5.69 Å². The Balaban J connectivity index is 1.45. The Morgan fingerprint density at radius 1 is 0.971 bits per heavy atom. The number of rotatable bonds is 8. The number of aromatic nitrogens is 2. The molecular formula is C24H20BrN7O2S. The smallest absolute Gasteiger partial charge is 0.266 e. The van der Waals surface area contributed by atoms with Gasteiger partial charge in [0.1, 0.15) is 5.03 Å². The fourth-order valence-corrected chi connectivity index (χ4v) is 4.93. The molecule has 4 aromatic rings. The third-order valence-electron chi connectivity index (χ3n) is 5.35. The van der Waals surface area contributed by atoms with Crippen LogP contribution in [-0.2, 0) is 12.3 Å². The summed E-state index contributed by atoms with van der Waals surface area (Å²) in [6, 6.07) is 24.7. The number of nitro groups is 1. The van der Waals surface area contributed by atoms with E-state index in [9.17, 15) is 10.1 Å². The van der Waals surface area contributed by atoms with E-state index >= 15 is 0 Å². The second-order valence-corrected chi connectivity index (χ2v) is 9.57. The van der Waals surface area contributed by atoms with Crippen LogP contribution in [0.2, 0.25) is 0 Å². The first-order valence-electron chi connectivity index (χ1n) is 10.7. The van der Waals surface area contributed by atoms with E-state index in [1.54, 1.807) is 23.9 Å². The molecule has 2 heterocycles. The van der Waals surface area contributed by atoms with Gasteiger partial charge >= 0.3 is 0 Å². The maximum atomic E-state index is 11.0. The molecule has 176 valence electrons. The molecule has 0 radical (unpaired) electrons. The van der Waals surface area contributed by atoms with Crippen molar-refractivity contribution in [3.05, 3.63) is 116 Å². The lowest BCUT2D eigenvalue weighted by Gasteiger charge is -2.19. The molecule has 0 saturated carbocycles. The summed E-state index contributed by atoms with van der Waals surface area (Å²) in [5.41, 5.74) is 9.85. The molecular weight excluding hydrogens is 530 g/mol. The van der Waals surface area contributed by atoms with Crippen LogP contribution < -0.4 is 11.1 Å². The van der Waals surface area contributed by atoms with E-state index in [0.717, 1.165) is 32.1 Å². The molecule has 35 heavy (non-hydrogen) atoms. The molecule has 1 aromatic heterocycles. The predicted molar refractivity (Wildman–Crippen MR) is 139 cm³/mol. The van der Waals surface area contributed by atoms with Gasteiger partial charge in [-0.1, -0.05) is 58.4 Å². The minimum Gasteiger partial charge on any atom is -0.266 e. The molecule has 0 atom stereocenters. The van der Waals surface area contributed by atoms with Gasteiger partial charge in [-0.2, -0.15) is 5.10 Å². The number of thioether (sulfide) groups is 1. The zero-order valence-electron chi connectivity index (χ0n) is 18.3. The maximum absolute atomic E-state index is 11.0. The summed E-state index contributed by atoms with van der Waals surface area (Å²) in [7, 11) is 0. The van der Waals surface area contributed by atoms with Crippen molar-refractivity contribution >= 4 is 39.2 Å². The van der Waals surface area contributed by atoms with Crippen LogP contribution in [0.25, 0.3) is 5.69 Å². The number of hydrazine groups is 2. The normalized spacial score (nSPS) is 12.9. The Bertz CT molecular complexity index is 1360. The van der Waals surface area contributed by atoms with Crippen molar-refractivity contribution < 1.29 is 4.92 Å². The first-order valence-corrected chi connectivity index (χ1v) is 12.5. The van der Waals surface area contributed by atoms with Gasteiger partial charge in [-0.3, -0.25) is 15.1 Å². The second kappa shape index (κ2) is 10.3. The molecule has 5 rings (SSSR count). The van der Waals surface area contributed by atoms with E-state index in [1.165, 1.54) is 17.7 Å². The summed E-state index contributed by atoms with van der Waals surface area (Å²) in [6.07, 6.45) is 1.81. The van der Waals surface area contributed by atoms with E-state index in [4.69, 9.17) is 0 Å². The standard InChI is InChI=1S/C24H20BrN7O2S/c25-19-8-12-20(13-9-19)31-24(35-16-18-4-2-1-3-5-18)22(14-26-31)23-27-28-29-30(23)15-17-6-10-21(11-7-17)32(33)34/h1-14,28-29H,15-16H2. The summed E-state index contributed by atoms with van der Waals surface area (Å²) in [6.45, 7) is 0.454. The van der Waals surface area contributed by atoms with E-state index in [1.807, 2.05) is 58.4 Å². The summed E-state index contributed by atoms with van der Waals surface area (Å²) in [5.74, 6) is 1.45. The highest BCUT2D eigenvalue weighted by molar-refractivity contribution is 9.10. The summed E-state index contributed by atoms with van der Waals surface area (Å²) in [4.78, 5) is 10.6. The predicted octanol–water partition coefficient (Wildman–Crippen LogP) is 5.02. The highest BCUT2D eigenvalue weighted by Gasteiger charge is 2.26. The van der Waals surface area contributed by atoms with Gasteiger partial charge in [0, 0.05) is 22.4 Å². The van der Waals surface area contributed by atoms with Crippen molar-refractivity contribution in [2.75, 3.05) is 0 Å². The monoisotopic (exact) mass is 549 g/mol. The van der Waals surface area contributed by atoms with Crippen LogP contribution >= 0.6 is 27.7 Å². The highest BCUT2D eigenvalue weighted by atomic mass is 79.9. The van der Waals surface area contributed by atoms with E-state index in [2.05, 4.69) is 49.3 Å². The number of halogens is 1. The topological polar surface area (TPSA) is 101 Å². The number of nitro benzene ring substituents is 1. The third kappa shape index (κ3) is 5.21. The minimum atomic E-state index is -0.404. The summed E-state index contributed by atoms with van der Waals surface area (Å²) >= 11 is 5.18. The van der Waals surface area contributed by atoms with Crippen LogP contribution in [0.15, 0.2) is 99.7 Å². The zero-order valence-corrected chi connectivity index (χ0v) is 20.7. The molecule has 0 spiro atoms. The average molecular weight is 550 g/mol. The molecule has 0 unspecified atom stereocenters. The summed E-state index contributed by atoms with van der Waals surface area (Å²) in [5, 5.41) is 22.9. The molecule has 0 amide bonds. The van der Waals surface area contributed by atoms with Gasteiger partial charge < -0.3 is 0 Å². The Kier molecular flexibility index (Phi) is 6.80. The Labute approximate surface area is 214 Å². The quantitative estimate of drug-likeness (QED) is 0.181. The number of benzene rings is 3. The summed E-state index contributed by atoms with van der Waals surface area (Å²) < 4.78 is 2.91. The van der Waals surface area contributed by atoms with Crippen molar-refractivity contribution in [3.63, 3.8) is 0 Å². The lowest BCUT2D eigenvalue weighted by atomic mass is 10.2. The second-order valence-electron chi connectivity index (χ2n) is 7.69. The largest absolute Gasteiger partial charge is 0.269 e. The van der Waals surface area contributed by atoms with Gasteiger partial charge in [0.15, 0.2) is 5.84 Å². The molecule has 1 aliphatic rings. The van der Waals surface area contributed by atoms with Crippen molar-refractivity contribution in [1.82, 2.24) is 25.9 Å². The van der Waals surface area contributed by atoms with Gasteiger partial charge in [0.25, 0.3) is 5.69 Å². The van der Waals surface area contributed by atoms with E-state index in [0.29, 0.717) is 12.4 Å². The van der Waals surface area contributed by atoms with Crippen molar-refractivity contribution in [1.29, 1.82) is 0 Å². The van der Waals surface area contributed by atoms with Gasteiger partial charge in [-0.25, -0.2) is 10.2 Å². The maximum Gasteiger partial charge on any atom is 0.269 e. The number of non-ortho nitro benzene ring substituents is 1. The number of amidine groups is 1.